The Morgan fingerprint density at radius 1 is 1.30 bits per heavy atom. The highest BCUT2D eigenvalue weighted by molar-refractivity contribution is 7.13. The molecule has 0 amide bonds. The molecule has 1 saturated carbocycles. The predicted octanol–water partition coefficient (Wildman–Crippen LogP) is 4.32. The van der Waals surface area contributed by atoms with Crippen molar-refractivity contribution in [1.82, 2.24) is 0 Å². The molecule has 1 fully saturated rings. The van der Waals surface area contributed by atoms with Gasteiger partial charge in [-0.3, -0.25) is 0 Å². The van der Waals surface area contributed by atoms with E-state index in [0.29, 0.717) is 17.7 Å². The topological polar surface area (TPSA) is 87.0 Å². The van der Waals surface area contributed by atoms with Crippen molar-refractivity contribution >= 4 is 28.9 Å². The van der Waals surface area contributed by atoms with Crippen molar-refractivity contribution < 1.29 is 24.9 Å². The molecule has 0 aromatic carbocycles. The molecule has 0 radical (unpaired) electrons. The van der Waals surface area contributed by atoms with E-state index in [1.165, 1.54) is 18.4 Å². The Bertz CT molecular complexity index is 674. The maximum Gasteiger partial charge on any atom is 0.348 e. The van der Waals surface area contributed by atoms with Crippen LogP contribution in [-0.2, 0) is 11.2 Å². The number of hydrogen-bond donors (Lipinski definition) is 3. The number of unbranched alkanes of at least 4 members (excludes halogenated alkanes) is 1. The fourth-order valence-electron chi connectivity index (χ4n) is 4.11. The monoisotopic (exact) mass is 458 g/mol. The number of alkyl halides is 1. The van der Waals surface area contributed by atoms with E-state index in [9.17, 15) is 20.1 Å². The minimum atomic E-state index is -0.538. The highest BCUT2D eigenvalue weighted by Gasteiger charge is 2.39. The molecule has 2 rings (SSSR count). The third kappa shape index (κ3) is 7.97. The van der Waals surface area contributed by atoms with Gasteiger partial charge in [0.2, 0.25) is 0 Å². The van der Waals surface area contributed by atoms with Gasteiger partial charge in [0.25, 0.3) is 0 Å². The summed E-state index contributed by atoms with van der Waals surface area (Å²) in [6.45, 7) is 1.77. The van der Waals surface area contributed by atoms with Crippen LogP contribution in [0.3, 0.4) is 0 Å². The average Bonchev–Trinajstić information content (AvgIpc) is 3.27. The van der Waals surface area contributed by atoms with Crippen molar-refractivity contribution in [2.45, 2.75) is 82.0 Å². The zero-order chi connectivity index (χ0) is 22.1. The number of halogens is 1. The second-order valence-corrected chi connectivity index (χ2v) is 10.0. The number of carbonyl (C=O) groups is 1. The predicted molar refractivity (Wildman–Crippen MR) is 121 cm³/mol. The molecule has 1 aromatic rings. The van der Waals surface area contributed by atoms with Crippen molar-refractivity contribution in [1.29, 1.82) is 0 Å². The molecule has 6 atom stereocenters. The molecule has 3 N–H and O–H groups in total. The van der Waals surface area contributed by atoms with Crippen molar-refractivity contribution in [3.05, 3.63) is 34.0 Å². The van der Waals surface area contributed by atoms with Gasteiger partial charge in [0.15, 0.2) is 0 Å². The third-order valence-electron chi connectivity index (χ3n) is 5.81. The number of aliphatic hydroxyl groups is 3. The van der Waals surface area contributed by atoms with Crippen molar-refractivity contribution in [2.75, 3.05) is 7.11 Å². The van der Waals surface area contributed by atoms with E-state index >= 15 is 0 Å². The molecule has 0 aliphatic heterocycles. The van der Waals surface area contributed by atoms with E-state index in [1.54, 1.807) is 19.1 Å². The van der Waals surface area contributed by atoms with Crippen LogP contribution in [0.25, 0.3) is 0 Å². The normalized spacial score (nSPS) is 26.2. The van der Waals surface area contributed by atoms with Crippen LogP contribution < -0.4 is 0 Å². The number of hydrogen-bond acceptors (Lipinski definition) is 6. The first-order valence-corrected chi connectivity index (χ1v) is 12.1. The van der Waals surface area contributed by atoms with Crippen LogP contribution in [0, 0.1) is 11.8 Å². The van der Waals surface area contributed by atoms with Crippen LogP contribution in [0.4, 0.5) is 0 Å². The van der Waals surface area contributed by atoms with Crippen molar-refractivity contribution in [3.8, 4) is 0 Å². The summed E-state index contributed by atoms with van der Waals surface area (Å²) >= 11 is 7.98. The first-order chi connectivity index (χ1) is 14.3. The standard InChI is InChI=1S/C23H35ClO5S/c1-15(25)6-3-4-7-16(26)10-12-19-18(20(24)14-21(19)27)9-5-8-17-11-13-22(30-17)23(28)29-2/h10-13,15-16,18-21,25-27H,3-9,14H2,1-2H3/b12-10+/t15-,16+,18-,19-,20-,21-/m1/s1. The summed E-state index contributed by atoms with van der Waals surface area (Å²) in [5.41, 5.74) is 0. The molecule has 0 saturated heterocycles. The zero-order valence-electron chi connectivity index (χ0n) is 17.9. The molecule has 1 aliphatic rings. The minimum Gasteiger partial charge on any atom is -0.465 e. The number of ether oxygens (including phenoxy) is 1. The third-order valence-corrected chi connectivity index (χ3v) is 7.43. The fraction of sp³-hybridized carbons (Fsp3) is 0.696. The van der Waals surface area contributed by atoms with Gasteiger partial charge in [-0.1, -0.05) is 25.0 Å². The van der Waals surface area contributed by atoms with Crippen molar-refractivity contribution in [3.63, 3.8) is 0 Å². The summed E-state index contributed by atoms with van der Waals surface area (Å²) < 4.78 is 4.75. The van der Waals surface area contributed by atoms with Crippen LogP contribution in [0.2, 0.25) is 0 Å². The van der Waals surface area contributed by atoms with E-state index < -0.39 is 12.2 Å². The number of rotatable bonds is 12. The summed E-state index contributed by atoms with van der Waals surface area (Å²) in [6, 6.07) is 3.76. The average molecular weight is 459 g/mol. The molecule has 1 heterocycles. The Labute approximate surface area is 188 Å². The number of carbonyl (C=O) groups excluding carboxylic acids is 1. The molecular weight excluding hydrogens is 424 g/mol. The van der Waals surface area contributed by atoms with Gasteiger partial charge in [-0.05, 0) is 63.5 Å². The van der Waals surface area contributed by atoms with Gasteiger partial charge in [0.05, 0.1) is 25.4 Å². The number of aryl methyl sites for hydroxylation is 1. The van der Waals surface area contributed by atoms with Crippen LogP contribution in [0.5, 0.6) is 0 Å². The Kier molecular flexibility index (Phi) is 10.8. The van der Waals surface area contributed by atoms with Crippen molar-refractivity contribution in [2.24, 2.45) is 11.8 Å². The van der Waals surface area contributed by atoms with Gasteiger partial charge >= 0.3 is 5.97 Å². The Hall–Kier alpha value is -0.920. The molecule has 0 spiro atoms. The summed E-state index contributed by atoms with van der Waals surface area (Å²) in [5.74, 6) is -0.186. The summed E-state index contributed by atoms with van der Waals surface area (Å²) in [4.78, 5) is 13.3. The largest absolute Gasteiger partial charge is 0.465 e. The molecule has 1 aromatic heterocycles. The first kappa shape index (κ1) is 25.3. The Morgan fingerprint density at radius 2 is 2.03 bits per heavy atom. The number of methoxy groups -OCH3 is 1. The number of aliphatic hydroxyl groups excluding tert-OH is 3. The molecule has 0 bridgehead atoms. The zero-order valence-corrected chi connectivity index (χ0v) is 19.4. The number of esters is 1. The first-order valence-electron chi connectivity index (χ1n) is 10.9. The van der Waals surface area contributed by atoms with E-state index in [0.717, 1.165) is 43.4 Å². The smallest absolute Gasteiger partial charge is 0.348 e. The van der Waals surface area contributed by atoms with Crippen LogP contribution in [0.15, 0.2) is 24.3 Å². The Morgan fingerprint density at radius 3 is 2.73 bits per heavy atom. The molecule has 30 heavy (non-hydrogen) atoms. The van der Waals surface area contributed by atoms with Gasteiger partial charge in [-0.15, -0.1) is 22.9 Å². The van der Waals surface area contributed by atoms with E-state index in [4.69, 9.17) is 16.3 Å². The SMILES string of the molecule is COC(=O)c1ccc(CCC[C@@H]2[C@@H](/C=C/[C@@H](O)CCCC[C@@H](C)O)[C@H](O)C[C@H]2Cl)s1. The summed E-state index contributed by atoms with van der Waals surface area (Å²) in [5, 5.41) is 29.9. The van der Waals surface area contributed by atoms with Gasteiger partial charge < -0.3 is 20.1 Å². The lowest BCUT2D eigenvalue weighted by Crippen LogP contribution is -2.19. The molecule has 1 aliphatic carbocycles. The van der Waals surface area contributed by atoms with E-state index in [-0.39, 0.29) is 29.3 Å². The summed E-state index contributed by atoms with van der Waals surface area (Å²) in [6.07, 6.45) is 8.81. The van der Waals surface area contributed by atoms with Crippen LogP contribution >= 0.6 is 22.9 Å². The summed E-state index contributed by atoms with van der Waals surface area (Å²) in [7, 11) is 1.38. The molecular formula is C23H35ClO5S. The molecule has 7 heteroatoms. The number of thiophene rings is 1. The maximum atomic E-state index is 11.6. The molecule has 0 unspecified atom stereocenters. The molecule has 170 valence electrons. The fourth-order valence-corrected chi connectivity index (χ4v) is 5.56. The van der Waals surface area contributed by atoms with E-state index in [1.807, 2.05) is 12.1 Å². The van der Waals surface area contributed by atoms with Gasteiger partial charge in [0.1, 0.15) is 4.88 Å². The highest BCUT2D eigenvalue weighted by atomic mass is 35.5. The lowest BCUT2D eigenvalue weighted by molar-refractivity contribution is 0.0606. The maximum absolute atomic E-state index is 11.6. The van der Waals surface area contributed by atoms with Crippen LogP contribution in [-0.4, -0.2) is 52.1 Å². The van der Waals surface area contributed by atoms with Gasteiger partial charge in [-0.2, -0.15) is 0 Å². The lowest BCUT2D eigenvalue weighted by atomic mass is 9.89. The molecule has 5 nitrogen and oxygen atoms in total. The minimum absolute atomic E-state index is 0.0476. The Balaban J connectivity index is 1.82. The van der Waals surface area contributed by atoms with Gasteiger partial charge in [0, 0.05) is 16.2 Å². The second-order valence-electron chi connectivity index (χ2n) is 8.30. The van der Waals surface area contributed by atoms with E-state index in [2.05, 4.69) is 0 Å². The second kappa shape index (κ2) is 12.8. The quantitative estimate of drug-likeness (QED) is 0.188. The van der Waals surface area contributed by atoms with Gasteiger partial charge in [-0.25, -0.2) is 4.79 Å². The lowest BCUT2D eigenvalue weighted by Gasteiger charge is -2.21. The highest BCUT2D eigenvalue weighted by Crippen LogP contribution is 2.40. The van der Waals surface area contributed by atoms with Crippen LogP contribution in [0.1, 0.15) is 66.4 Å².